The fourth-order valence-electron chi connectivity index (χ4n) is 3.48. The number of phenols is 1. The molecular weight excluding hydrogens is 353 g/mol. The molecule has 1 atom stereocenters. The van der Waals surface area contributed by atoms with Crippen LogP contribution >= 0.6 is 11.8 Å². The molecule has 26 heavy (non-hydrogen) atoms. The lowest BCUT2D eigenvalue weighted by molar-refractivity contribution is -0.113. The minimum atomic E-state index is -0.450. The van der Waals surface area contributed by atoms with Gasteiger partial charge in [0.25, 0.3) is 5.91 Å². The summed E-state index contributed by atoms with van der Waals surface area (Å²) in [6.45, 7) is 7.94. The average Bonchev–Trinajstić information content (AvgIpc) is 3.26. The van der Waals surface area contributed by atoms with Crippen molar-refractivity contribution in [3.05, 3.63) is 34.5 Å². The monoisotopic (exact) mass is 377 g/mol. The Balaban J connectivity index is 0.000000948. The number of carbonyl (C=O) groups excluding carboxylic acids is 1. The summed E-state index contributed by atoms with van der Waals surface area (Å²) >= 11 is 1.30. The van der Waals surface area contributed by atoms with E-state index in [-0.39, 0.29) is 11.7 Å². The number of fused-ring (bicyclic) bond motifs is 1. The van der Waals surface area contributed by atoms with E-state index in [1.54, 1.807) is 0 Å². The first-order chi connectivity index (χ1) is 12.6. The normalized spacial score (nSPS) is 24.3. The molecule has 0 saturated carbocycles. The van der Waals surface area contributed by atoms with Crippen molar-refractivity contribution in [1.29, 1.82) is 0 Å². The molecule has 0 radical (unpaired) electrons. The Morgan fingerprint density at radius 3 is 2.92 bits per heavy atom. The van der Waals surface area contributed by atoms with Crippen LogP contribution in [0, 0.1) is 5.82 Å². The van der Waals surface area contributed by atoms with Gasteiger partial charge in [-0.2, -0.15) is 4.99 Å². The number of benzene rings is 1. The van der Waals surface area contributed by atoms with Gasteiger partial charge in [-0.25, -0.2) is 4.39 Å². The van der Waals surface area contributed by atoms with Gasteiger partial charge < -0.3 is 10.0 Å². The molecule has 3 aliphatic rings. The van der Waals surface area contributed by atoms with Crippen molar-refractivity contribution < 1.29 is 14.3 Å². The zero-order valence-electron chi connectivity index (χ0n) is 15.1. The Bertz CT molecular complexity index is 750. The number of amidine groups is 1. The summed E-state index contributed by atoms with van der Waals surface area (Å²) in [5.41, 5.74) is 0.294. The number of hydrogen-bond donors (Lipinski definition) is 1. The first kappa shape index (κ1) is 18.9. The number of phenolic OH excluding ortho intramolecular Hbond substituents is 1. The maximum Gasteiger partial charge on any atom is 0.286 e. The highest BCUT2D eigenvalue weighted by molar-refractivity contribution is 8.18. The highest BCUT2D eigenvalue weighted by atomic mass is 32.2. The predicted octanol–water partition coefficient (Wildman–Crippen LogP) is 3.31. The Morgan fingerprint density at radius 2 is 2.12 bits per heavy atom. The SMILES string of the molecule is CC.O=C1N=C(N2CCN3CCCC3C2)S/C1=C\c1cc(F)ccc1O. The third-order valence-electron chi connectivity index (χ3n) is 4.74. The molecule has 1 aromatic carbocycles. The number of piperazine rings is 1. The van der Waals surface area contributed by atoms with Crippen molar-refractivity contribution in [2.45, 2.75) is 32.7 Å². The number of halogens is 1. The van der Waals surface area contributed by atoms with Crippen LogP contribution in [0.1, 0.15) is 32.3 Å². The van der Waals surface area contributed by atoms with Crippen LogP contribution in [0.4, 0.5) is 4.39 Å². The number of aliphatic imine (C=N–C) groups is 1. The molecule has 0 aromatic heterocycles. The predicted molar refractivity (Wildman–Crippen MR) is 104 cm³/mol. The maximum absolute atomic E-state index is 13.3. The second-order valence-electron chi connectivity index (χ2n) is 6.29. The molecule has 7 heteroatoms. The van der Waals surface area contributed by atoms with Crippen molar-refractivity contribution in [2.75, 3.05) is 26.2 Å². The first-order valence-corrected chi connectivity index (χ1v) is 9.92. The molecule has 0 spiro atoms. The molecule has 3 heterocycles. The van der Waals surface area contributed by atoms with Crippen molar-refractivity contribution >= 4 is 28.9 Å². The number of amides is 1. The summed E-state index contributed by atoms with van der Waals surface area (Å²) in [5, 5.41) is 10.5. The van der Waals surface area contributed by atoms with Gasteiger partial charge in [0, 0.05) is 31.2 Å². The van der Waals surface area contributed by atoms with E-state index >= 15 is 0 Å². The summed E-state index contributed by atoms with van der Waals surface area (Å²) in [7, 11) is 0. The third kappa shape index (κ3) is 3.94. The standard InChI is InChI=1S/C17H18FN3O2S.C2H6/c18-12-3-4-14(22)11(8-12)9-15-16(23)19-17(24-15)21-7-6-20-5-1-2-13(20)10-21;1-2/h3-4,8-9,13,22H,1-2,5-7,10H2;1-2H3/b15-9-;. The second kappa shape index (κ2) is 8.22. The Hall–Kier alpha value is -1.86. The van der Waals surface area contributed by atoms with Crippen molar-refractivity contribution in [3.8, 4) is 5.75 Å². The molecule has 140 valence electrons. The second-order valence-corrected chi connectivity index (χ2v) is 7.30. The van der Waals surface area contributed by atoms with E-state index in [1.807, 2.05) is 13.8 Å². The van der Waals surface area contributed by atoms with Crippen molar-refractivity contribution in [3.63, 3.8) is 0 Å². The fraction of sp³-hybridized carbons (Fsp3) is 0.474. The molecule has 3 aliphatic heterocycles. The van der Waals surface area contributed by atoms with Crippen LogP contribution in [0.2, 0.25) is 0 Å². The molecule has 0 bridgehead atoms. The summed E-state index contributed by atoms with van der Waals surface area (Å²) in [6, 6.07) is 4.24. The highest BCUT2D eigenvalue weighted by Gasteiger charge is 2.34. The summed E-state index contributed by atoms with van der Waals surface area (Å²) in [4.78, 5) is 21.4. The smallest absolute Gasteiger partial charge is 0.286 e. The van der Waals surface area contributed by atoms with Gasteiger partial charge in [0.15, 0.2) is 5.17 Å². The van der Waals surface area contributed by atoms with E-state index in [9.17, 15) is 14.3 Å². The van der Waals surface area contributed by atoms with Crippen LogP contribution in [0.25, 0.3) is 6.08 Å². The van der Waals surface area contributed by atoms with Crippen LogP contribution in [-0.4, -0.2) is 58.2 Å². The van der Waals surface area contributed by atoms with Crippen LogP contribution in [0.3, 0.4) is 0 Å². The van der Waals surface area contributed by atoms with Gasteiger partial charge in [-0.1, -0.05) is 13.8 Å². The lowest BCUT2D eigenvalue weighted by atomic mass is 10.2. The Kier molecular flexibility index (Phi) is 5.98. The molecular formula is C19H24FN3O2S. The van der Waals surface area contributed by atoms with E-state index < -0.39 is 5.82 Å². The molecule has 1 aromatic rings. The maximum atomic E-state index is 13.3. The molecule has 1 unspecified atom stereocenters. The molecule has 4 rings (SSSR count). The fourth-order valence-corrected chi connectivity index (χ4v) is 4.42. The summed E-state index contributed by atoms with van der Waals surface area (Å²) in [6.07, 6.45) is 3.94. The van der Waals surface area contributed by atoms with Crippen LogP contribution in [0.5, 0.6) is 5.75 Å². The van der Waals surface area contributed by atoms with E-state index in [2.05, 4.69) is 14.8 Å². The van der Waals surface area contributed by atoms with E-state index in [0.717, 1.165) is 19.6 Å². The Labute approximate surface area is 157 Å². The van der Waals surface area contributed by atoms with Gasteiger partial charge in [-0.05, 0) is 55.4 Å². The van der Waals surface area contributed by atoms with Gasteiger partial charge >= 0.3 is 0 Å². The number of hydrogen-bond acceptors (Lipinski definition) is 5. The first-order valence-electron chi connectivity index (χ1n) is 9.10. The minimum absolute atomic E-state index is 0.0506. The molecule has 5 nitrogen and oxygen atoms in total. The van der Waals surface area contributed by atoms with E-state index in [1.165, 1.54) is 55.4 Å². The van der Waals surface area contributed by atoms with Crippen molar-refractivity contribution in [1.82, 2.24) is 9.80 Å². The number of rotatable bonds is 1. The summed E-state index contributed by atoms with van der Waals surface area (Å²) < 4.78 is 13.3. The topological polar surface area (TPSA) is 56.1 Å². The zero-order chi connectivity index (χ0) is 18.7. The van der Waals surface area contributed by atoms with Gasteiger partial charge in [0.1, 0.15) is 11.6 Å². The molecule has 1 N–H and O–H groups in total. The summed E-state index contributed by atoms with van der Waals surface area (Å²) in [5.74, 6) is -0.827. The van der Waals surface area contributed by atoms with E-state index in [0.29, 0.717) is 21.7 Å². The number of carbonyl (C=O) groups is 1. The number of thioether (sulfide) groups is 1. The van der Waals surface area contributed by atoms with E-state index in [4.69, 9.17) is 0 Å². The van der Waals surface area contributed by atoms with Gasteiger partial charge in [0.05, 0.1) is 4.91 Å². The lowest BCUT2D eigenvalue weighted by Gasteiger charge is -2.38. The average molecular weight is 377 g/mol. The molecule has 2 fully saturated rings. The molecule has 2 saturated heterocycles. The van der Waals surface area contributed by atoms with Crippen LogP contribution in [-0.2, 0) is 4.79 Å². The molecule has 0 aliphatic carbocycles. The van der Waals surface area contributed by atoms with Gasteiger partial charge in [0.2, 0.25) is 0 Å². The number of aromatic hydroxyl groups is 1. The van der Waals surface area contributed by atoms with Crippen molar-refractivity contribution in [2.24, 2.45) is 4.99 Å². The van der Waals surface area contributed by atoms with Crippen LogP contribution < -0.4 is 0 Å². The largest absolute Gasteiger partial charge is 0.507 e. The third-order valence-corrected chi connectivity index (χ3v) is 5.79. The Morgan fingerprint density at radius 1 is 1.31 bits per heavy atom. The molecule has 1 amide bonds. The highest BCUT2D eigenvalue weighted by Crippen LogP contribution is 2.33. The quantitative estimate of drug-likeness (QED) is 0.761. The number of nitrogens with zero attached hydrogens (tertiary/aromatic N) is 3. The minimum Gasteiger partial charge on any atom is -0.507 e. The van der Waals surface area contributed by atoms with Gasteiger partial charge in [-0.15, -0.1) is 0 Å². The lowest BCUT2D eigenvalue weighted by Crippen LogP contribution is -2.51. The van der Waals surface area contributed by atoms with Crippen LogP contribution in [0.15, 0.2) is 28.1 Å². The van der Waals surface area contributed by atoms with Gasteiger partial charge in [-0.3, -0.25) is 9.69 Å². The zero-order valence-corrected chi connectivity index (χ0v) is 15.9.